The van der Waals surface area contributed by atoms with Crippen LogP contribution < -0.4 is 0 Å². The normalized spacial score (nSPS) is 18.5. The van der Waals surface area contributed by atoms with E-state index in [0.717, 1.165) is 23.3 Å². The first kappa shape index (κ1) is 17.1. The molecule has 24 heavy (non-hydrogen) atoms. The zero-order valence-corrected chi connectivity index (χ0v) is 13.9. The van der Waals surface area contributed by atoms with Crippen molar-refractivity contribution < 1.29 is 21.4 Å². The molecule has 1 saturated heterocycles. The third-order valence-corrected chi connectivity index (χ3v) is 6.69. The van der Waals surface area contributed by atoms with Gasteiger partial charge in [0.2, 0.25) is 0 Å². The Morgan fingerprint density at radius 1 is 0.750 bits per heavy atom. The number of halogens is 5. The van der Waals surface area contributed by atoms with E-state index in [1.165, 1.54) is 12.1 Å². The second kappa shape index (κ2) is 6.31. The Balaban J connectivity index is 1.73. The molecular weight excluding hydrogens is 339 g/mol. The van der Waals surface area contributed by atoms with Gasteiger partial charge in [0.25, 0.3) is 0 Å². The summed E-state index contributed by atoms with van der Waals surface area (Å²) >= 11 is 0. The zero-order valence-electron chi connectivity index (χ0n) is 12.9. The Morgan fingerprint density at radius 3 is 1.67 bits per heavy atom. The minimum absolute atomic E-state index is 0.0539. The molecule has 0 N–H and O–H groups in total. The van der Waals surface area contributed by atoms with Crippen LogP contribution in [0.25, 0.3) is 11.1 Å². The van der Waals surface area contributed by atoms with Crippen molar-refractivity contribution in [2.24, 2.45) is 0 Å². The van der Waals surface area contributed by atoms with Crippen LogP contribution in [0, 0.1) is 0 Å². The van der Waals surface area contributed by atoms with Gasteiger partial charge in [0, 0.05) is 0 Å². The first-order chi connectivity index (χ1) is 11.2. The van der Waals surface area contributed by atoms with Gasteiger partial charge in [-0.05, 0) is 59.7 Å². The zero-order chi connectivity index (χ0) is 17.4. The van der Waals surface area contributed by atoms with E-state index >= 15 is 0 Å². The number of hydrogen-bond acceptors (Lipinski definition) is 0. The Kier molecular flexibility index (Phi) is 4.51. The van der Waals surface area contributed by atoms with Gasteiger partial charge in [-0.3, -0.25) is 8.22 Å². The van der Waals surface area contributed by atoms with Gasteiger partial charge >= 0.3 is 14.9 Å². The molecule has 0 amide bonds. The molecule has 1 aliphatic rings. The largest absolute Gasteiger partial charge is 0.425 e. The van der Waals surface area contributed by atoms with Crippen molar-refractivity contribution >= 4 is 8.74 Å². The van der Waals surface area contributed by atoms with Gasteiger partial charge in [0.05, 0.1) is 5.56 Å². The molecule has 2 aromatic rings. The van der Waals surface area contributed by atoms with Crippen molar-refractivity contribution in [2.45, 2.75) is 37.0 Å². The summed E-state index contributed by atoms with van der Waals surface area (Å²) in [5.41, 5.74) is 1.89. The van der Waals surface area contributed by atoms with E-state index in [2.05, 4.69) is 0 Å². The van der Waals surface area contributed by atoms with Crippen molar-refractivity contribution in [3.8, 4) is 11.1 Å². The quantitative estimate of drug-likeness (QED) is 0.322. The summed E-state index contributed by atoms with van der Waals surface area (Å²) in [7, 11) is -3.94. The van der Waals surface area contributed by atoms with Crippen molar-refractivity contribution in [3.05, 3.63) is 59.7 Å². The average molecular weight is 356 g/mol. The summed E-state index contributed by atoms with van der Waals surface area (Å²) in [6.07, 6.45) is -3.29. The summed E-state index contributed by atoms with van der Waals surface area (Å²) in [5.74, 6) is 0.166. The second-order valence-electron chi connectivity index (χ2n) is 6.33. The van der Waals surface area contributed by atoms with Gasteiger partial charge in [-0.1, -0.05) is 36.4 Å². The Labute approximate surface area is 138 Å². The van der Waals surface area contributed by atoms with Crippen LogP contribution in [0.15, 0.2) is 48.5 Å². The maximum absolute atomic E-state index is 13.4. The third kappa shape index (κ3) is 3.86. The molecule has 6 heteroatoms. The van der Waals surface area contributed by atoms with Gasteiger partial charge < -0.3 is 0 Å². The topological polar surface area (TPSA) is 0 Å². The molecule has 2 aromatic carbocycles. The fraction of sp³-hybridized carbons (Fsp3) is 0.333. The molecule has 0 unspecified atom stereocenters. The first-order valence-corrected chi connectivity index (χ1v) is 10.1. The van der Waals surface area contributed by atoms with Crippen LogP contribution in [0.4, 0.5) is 21.4 Å². The molecule has 3 rings (SSSR count). The van der Waals surface area contributed by atoms with Crippen molar-refractivity contribution in [2.75, 3.05) is 0 Å². The molecule has 1 fully saturated rings. The van der Waals surface area contributed by atoms with Gasteiger partial charge in [-0.15, -0.1) is 0 Å². The summed E-state index contributed by atoms with van der Waals surface area (Å²) in [4.78, 5) is 0. The molecule has 0 bridgehead atoms. The van der Waals surface area contributed by atoms with Crippen LogP contribution in [0.5, 0.6) is 0 Å². The molecule has 0 radical (unpaired) electrons. The van der Waals surface area contributed by atoms with Crippen LogP contribution in [-0.2, 0) is 6.18 Å². The molecule has 1 aliphatic heterocycles. The average Bonchev–Trinajstić information content (AvgIpc) is 2.54. The highest BCUT2D eigenvalue weighted by atomic mass is 28.4. The smallest absolute Gasteiger partial charge is 0.270 e. The first-order valence-electron chi connectivity index (χ1n) is 7.90. The summed E-state index contributed by atoms with van der Waals surface area (Å²) in [6, 6.07) is 12.6. The van der Waals surface area contributed by atoms with Crippen molar-refractivity contribution in [1.29, 1.82) is 0 Å². The maximum Gasteiger partial charge on any atom is 0.425 e. The van der Waals surface area contributed by atoms with Gasteiger partial charge in [-0.25, -0.2) is 0 Å². The summed E-state index contributed by atoms with van der Waals surface area (Å²) < 4.78 is 64.5. The predicted molar refractivity (Wildman–Crippen MR) is 86.4 cm³/mol. The second-order valence-corrected chi connectivity index (χ2v) is 9.04. The van der Waals surface area contributed by atoms with Crippen LogP contribution in [0.1, 0.15) is 29.9 Å². The lowest BCUT2D eigenvalue weighted by Gasteiger charge is -2.26. The van der Waals surface area contributed by atoms with Crippen molar-refractivity contribution in [1.82, 2.24) is 0 Å². The third-order valence-electron chi connectivity index (χ3n) is 4.64. The lowest BCUT2D eigenvalue weighted by Crippen LogP contribution is -2.27. The van der Waals surface area contributed by atoms with Crippen LogP contribution in [-0.4, -0.2) is 8.74 Å². The SMILES string of the molecule is FC(F)(F)c1ccc(-c2ccc(C3CC[Si](F)(F)CC3)cc2)cc1. The lowest BCUT2D eigenvalue weighted by molar-refractivity contribution is -0.137. The van der Waals surface area contributed by atoms with E-state index in [-0.39, 0.29) is 18.0 Å². The molecule has 128 valence electrons. The predicted octanol–water partition coefficient (Wildman–Crippen LogP) is 6.63. The summed E-state index contributed by atoms with van der Waals surface area (Å²) in [5, 5.41) is 0. The van der Waals surface area contributed by atoms with Gasteiger partial charge in [0.15, 0.2) is 0 Å². The fourth-order valence-corrected chi connectivity index (χ4v) is 4.96. The van der Waals surface area contributed by atoms with Crippen LogP contribution in [0.3, 0.4) is 0 Å². The molecular formula is C18H17F5Si. The maximum atomic E-state index is 13.4. The van der Waals surface area contributed by atoms with E-state index < -0.39 is 20.5 Å². The molecule has 0 saturated carbocycles. The van der Waals surface area contributed by atoms with E-state index in [9.17, 15) is 21.4 Å². The standard InChI is InChI=1S/C18H17F5Si/c19-18(20,21)17-7-5-15(6-8-17)13-1-3-14(4-2-13)16-9-11-24(22,23)12-10-16/h1-8,16H,9-12H2. The van der Waals surface area contributed by atoms with E-state index in [0.29, 0.717) is 18.4 Å². The number of rotatable bonds is 2. The molecule has 1 heterocycles. The Morgan fingerprint density at radius 2 is 1.21 bits per heavy atom. The highest BCUT2D eigenvalue weighted by Gasteiger charge is 2.40. The molecule has 0 aromatic heterocycles. The number of alkyl halides is 3. The Bertz CT molecular complexity index is 679. The Hall–Kier alpha value is -1.69. The lowest BCUT2D eigenvalue weighted by atomic mass is 9.92. The van der Waals surface area contributed by atoms with Gasteiger partial charge in [-0.2, -0.15) is 13.2 Å². The van der Waals surface area contributed by atoms with E-state index in [1.54, 1.807) is 0 Å². The molecule has 0 nitrogen and oxygen atoms in total. The van der Waals surface area contributed by atoms with Crippen LogP contribution >= 0.6 is 0 Å². The van der Waals surface area contributed by atoms with E-state index in [4.69, 9.17) is 0 Å². The number of hydrogen-bond donors (Lipinski definition) is 0. The number of benzene rings is 2. The summed E-state index contributed by atoms with van der Waals surface area (Å²) in [6.45, 7) is 0. The van der Waals surface area contributed by atoms with E-state index in [1.807, 2.05) is 24.3 Å². The molecule has 0 atom stereocenters. The van der Waals surface area contributed by atoms with Crippen molar-refractivity contribution in [3.63, 3.8) is 0 Å². The highest BCUT2D eigenvalue weighted by molar-refractivity contribution is 6.66. The monoisotopic (exact) mass is 356 g/mol. The van der Waals surface area contributed by atoms with Gasteiger partial charge in [0.1, 0.15) is 0 Å². The minimum atomic E-state index is -4.34. The minimum Gasteiger partial charge on any atom is -0.270 e. The highest BCUT2D eigenvalue weighted by Crippen LogP contribution is 2.40. The van der Waals surface area contributed by atoms with Crippen LogP contribution in [0.2, 0.25) is 12.1 Å². The molecule has 0 spiro atoms. The molecule has 0 aliphatic carbocycles. The fourth-order valence-electron chi connectivity index (χ4n) is 3.17.